The second-order valence-electron chi connectivity index (χ2n) is 7.43. The van der Waals surface area contributed by atoms with Gasteiger partial charge in [-0.25, -0.2) is 0 Å². The summed E-state index contributed by atoms with van der Waals surface area (Å²) >= 11 is 1.44. The first kappa shape index (κ1) is 20.9. The Kier molecular flexibility index (Phi) is 7.15. The van der Waals surface area contributed by atoms with E-state index in [-0.39, 0.29) is 23.3 Å². The Balaban J connectivity index is 2.13. The molecule has 2 saturated heterocycles. The lowest BCUT2D eigenvalue weighted by Crippen LogP contribution is -2.64. The second kappa shape index (κ2) is 8.54. The number of carbonyl (C=O) groups is 1. The topological polar surface area (TPSA) is 102 Å². The highest BCUT2D eigenvalue weighted by Gasteiger charge is 2.47. The molecule has 2 rings (SSSR count). The monoisotopic (exact) mass is 376 g/mol. The van der Waals surface area contributed by atoms with Crippen molar-refractivity contribution < 1.29 is 24.9 Å². The van der Waals surface area contributed by atoms with Crippen molar-refractivity contribution >= 4 is 17.7 Å². The zero-order chi connectivity index (χ0) is 18.9. The minimum Gasteiger partial charge on any atom is -0.391 e. The van der Waals surface area contributed by atoms with E-state index in [1.807, 2.05) is 25.1 Å². The number of rotatable bonds is 5. The van der Waals surface area contributed by atoms with Crippen molar-refractivity contribution in [3.05, 3.63) is 0 Å². The fraction of sp³-hybridized carbons (Fsp3) is 0.941. The Bertz CT molecular complexity index is 464. The molecule has 1 amide bonds. The molecule has 2 aliphatic heterocycles. The van der Waals surface area contributed by atoms with Crippen molar-refractivity contribution in [2.75, 3.05) is 13.3 Å². The highest BCUT2D eigenvalue weighted by atomic mass is 32.2. The number of hydrogen-bond acceptors (Lipinski definition) is 7. The van der Waals surface area contributed by atoms with E-state index in [9.17, 15) is 20.1 Å². The van der Waals surface area contributed by atoms with Gasteiger partial charge in [0, 0.05) is 12.0 Å². The summed E-state index contributed by atoms with van der Waals surface area (Å²) in [7, 11) is 1.92. The molecule has 0 bridgehead atoms. The van der Waals surface area contributed by atoms with Crippen LogP contribution in [-0.2, 0) is 9.53 Å². The Labute approximate surface area is 154 Å². The summed E-state index contributed by atoms with van der Waals surface area (Å²) in [6.45, 7) is 5.45. The van der Waals surface area contributed by atoms with Gasteiger partial charge in [0.15, 0.2) is 0 Å². The van der Waals surface area contributed by atoms with E-state index in [0.717, 1.165) is 12.8 Å². The summed E-state index contributed by atoms with van der Waals surface area (Å²) in [4.78, 5) is 14.7. The molecule has 8 heteroatoms. The first-order valence-corrected chi connectivity index (χ1v) is 10.2. The molecule has 2 fully saturated rings. The van der Waals surface area contributed by atoms with E-state index >= 15 is 0 Å². The van der Waals surface area contributed by atoms with Gasteiger partial charge in [-0.05, 0) is 40.0 Å². The summed E-state index contributed by atoms with van der Waals surface area (Å²) in [5.74, 6) is -0.421. The smallest absolute Gasteiger partial charge is 0.237 e. The molecule has 9 atom stereocenters. The number of nitrogens with zero attached hydrogens (tertiary/aromatic N) is 1. The SMILES string of the molecule is CSC1OC(C(NC(=O)C2CCC(C)N2C)C(C)O)C(O)C(O)C1C. The number of nitrogens with one attached hydrogen (secondary N) is 1. The van der Waals surface area contributed by atoms with E-state index in [1.165, 1.54) is 11.8 Å². The fourth-order valence-corrected chi connectivity index (χ4v) is 4.59. The Morgan fingerprint density at radius 2 is 1.92 bits per heavy atom. The van der Waals surface area contributed by atoms with Crippen LogP contribution in [0.15, 0.2) is 0 Å². The number of carbonyl (C=O) groups excluding carboxylic acids is 1. The lowest BCUT2D eigenvalue weighted by atomic mass is 9.88. The number of thioether (sulfide) groups is 1. The van der Waals surface area contributed by atoms with Gasteiger partial charge in [0.2, 0.25) is 5.91 Å². The van der Waals surface area contributed by atoms with Crippen molar-refractivity contribution in [1.29, 1.82) is 0 Å². The first-order chi connectivity index (χ1) is 11.7. The van der Waals surface area contributed by atoms with E-state index < -0.39 is 30.5 Å². The lowest BCUT2D eigenvalue weighted by Gasteiger charge is -2.45. The third-order valence-corrected chi connectivity index (χ3v) is 6.71. The van der Waals surface area contributed by atoms with Crippen molar-refractivity contribution in [3.8, 4) is 0 Å². The molecule has 0 aromatic carbocycles. The average molecular weight is 377 g/mol. The van der Waals surface area contributed by atoms with E-state index in [1.54, 1.807) is 6.92 Å². The van der Waals surface area contributed by atoms with Crippen LogP contribution in [-0.4, -0.2) is 87.4 Å². The number of ether oxygens (including phenoxy) is 1. The number of aliphatic hydroxyl groups is 3. The molecule has 4 N–H and O–H groups in total. The Morgan fingerprint density at radius 1 is 1.28 bits per heavy atom. The molecule has 25 heavy (non-hydrogen) atoms. The summed E-state index contributed by atoms with van der Waals surface area (Å²) in [6, 6.07) is -0.707. The van der Waals surface area contributed by atoms with E-state index in [2.05, 4.69) is 12.2 Å². The van der Waals surface area contributed by atoms with Crippen LogP contribution >= 0.6 is 11.8 Å². The predicted octanol–water partition coefficient (Wildman–Crippen LogP) is -0.219. The summed E-state index contributed by atoms with van der Waals surface area (Å²) < 4.78 is 5.93. The zero-order valence-electron chi connectivity index (χ0n) is 15.6. The van der Waals surface area contributed by atoms with Crippen LogP contribution in [0.2, 0.25) is 0 Å². The van der Waals surface area contributed by atoms with Crippen LogP contribution in [0.25, 0.3) is 0 Å². The normalized spacial score (nSPS) is 42.2. The molecule has 0 radical (unpaired) electrons. The molecule has 0 aromatic rings. The van der Waals surface area contributed by atoms with Crippen LogP contribution in [0, 0.1) is 5.92 Å². The number of likely N-dealkylation sites (tertiary alicyclic amines) is 1. The highest BCUT2D eigenvalue weighted by molar-refractivity contribution is 7.99. The largest absolute Gasteiger partial charge is 0.391 e. The van der Waals surface area contributed by atoms with Crippen LogP contribution in [0.5, 0.6) is 0 Å². The molecule has 146 valence electrons. The van der Waals surface area contributed by atoms with E-state index in [4.69, 9.17) is 4.74 Å². The van der Waals surface area contributed by atoms with E-state index in [0.29, 0.717) is 6.04 Å². The maximum absolute atomic E-state index is 12.7. The summed E-state index contributed by atoms with van der Waals surface area (Å²) in [6.07, 6.45) is -0.346. The molecule has 9 unspecified atom stereocenters. The maximum Gasteiger partial charge on any atom is 0.237 e. The van der Waals surface area contributed by atoms with Gasteiger partial charge in [0.25, 0.3) is 0 Å². The second-order valence-corrected chi connectivity index (χ2v) is 8.36. The summed E-state index contributed by atoms with van der Waals surface area (Å²) in [5.41, 5.74) is -0.310. The minimum absolute atomic E-state index is 0.178. The number of aliphatic hydroxyl groups excluding tert-OH is 3. The highest BCUT2D eigenvalue weighted by Crippen LogP contribution is 2.33. The quantitative estimate of drug-likeness (QED) is 0.526. The Hall–Kier alpha value is -0.380. The first-order valence-electron chi connectivity index (χ1n) is 8.93. The zero-order valence-corrected chi connectivity index (χ0v) is 16.4. The minimum atomic E-state index is -1.17. The average Bonchev–Trinajstić information content (AvgIpc) is 2.90. The number of likely N-dealkylation sites (N-methyl/N-ethyl adjacent to an activating group) is 1. The van der Waals surface area contributed by atoms with Crippen LogP contribution in [0.4, 0.5) is 0 Å². The van der Waals surface area contributed by atoms with Gasteiger partial charge in [-0.15, -0.1) is 11.8 Å². The molecule has 2 heterocycles. The van der Waals surface area contributed by atoms with Crippen molar-refractivity contribution in [3.63, 3.8) is 0 Å². The van der Waals surface area contributed by atoms with Crippen molar-refractivity contribution in [2.45, 2.75) is 81.6 Å². The number of amides is 1. The van der Waals surface area contributed by atoms with Gasteiger partial charge < -0.3 is 25.4 Å². The Morgan fingerprint density at radius 3 is 2.40 bits per heavy atom. The van der Waals surface area contributed by atoms with Crippen LogP contribution in [0.1, 0.15) is 33.6 Å². The van der Waals surface area contributed by atoms with Gasteiger partial charge in [0.05, 0.1) is 24.3 Å². The fourth-order valence-electron chi connectivity index (χ4n) is 3.76. The van der Waals surface area contributed by atoms with Gasteiger partial charge in [-0.2, -0.15) is 0 Å². The lowest BCUT2D eigenvalue weighted by molar-refractivity contribution is -0.188. The van der Waals surface area contributed by atoms with Crippen molar-refractivity contribution in [2.24, 2.45) is 5.92 Å². The molecule has 0 aromatic heterocycles. The third kappa shape index (κ3) is 4.31. The molecule has 7 nitrogen and oxygen atoms in total. The molecular formula is C17H32N2O5S. The standard InChI is InChI=1S/C17H32N2O5S/c1-8-6-7-11(19(8)4)16(23)18-12(10(3)20)15-14(22)13(21)9(2)17(24-15)25-5/h8-15,17,20-22H,6-7H2,1-5H3,(H,18,23). The molecule has 0 saturated carbocycles. The van der Waals surface area contributed by atoms with Crippen LogP contribution < -0.4 is 5.32 Å². The van der Waals surface area contributed by atoms with Gasteiger partial charge >= 0.3 is 0 Å². The summed E-state index contributed by atoms with van der Waals surface area (Å²) in [5, 5.41) is 33.8. The number of hydrogen-bond donors (Lipinski definition) is 4. The molecule has 0 spiro atoms. The van der Waals surface area contributed by atoms with Crippen LogP contribution in [0.3, 0.4) is 0 Å². The maximum atomic E-state index is 12.7. The molecule has 2 aliphatic rings. The molecule has 0 aliphatic carbocycles. The third-order valence-electron chi connectivity index (χ3n) is 5.71. The van der Waals surface area contributed by atoms with Gasteiger partial charge in [-0.1, -0.05) is 6.92 Å². The van der Waals surface area contributed by atoms with Gasteiger partial charge in [-0.3, -0.25) is 9.69 Å². The molecular weight excluding hydrogens is 344 g/mol. The predicted molar refractivity (Wildman–Crippen MR) is 97.2 cm³/mol. The van der Waals surface area contributed by atoms with Crippen molar-refractivity contribution in [1.82, 2.24) is 10.2 Å². The van der Waals surface area contributed by atoms with Gasteiger partial charge in [0.1, 0.15) is 17.6 Å².